The van der Waals surface area contributed by atoms with Crippen molar-refractivity contribution in [1.29, 1.82) is 0 Å². The van der Waals surface area contributed by atoms with Crippen molar-refractivity contribution in [3.8, 4) is 5.75 Å². The Labute approximate surface area is 145 Å². The monoisotopic (exact) mass is 383 g/mol. The number of hydrogen-bond donors (Lipinski definition) is 2. The predicted octanol–water partition coefficient (Wildman–Crippen LogP) is 1.44. The van der Waals surface area contributed by atoms with E-state index in [9.17, 15) is 22.9 Å². The fraction of sp³-hybridized carbons (Fsp3) is 0.538. The summed E-state index contributed by atoms with van der Waals surface area (Å²) < 4.78 is 45.8. The zero-order valence-electron chi connectivity index (χ0n) is 13.1. The van der Waals surface area contributed by atoms with E-state index in [4.69, 9.17) is 0 Å². The quantitative estimate of drug-likeness (QED) is 0.588. The second-order valence-corrected chi connectivity index (χ2v) is 7.13. The summed E-state index contributed by atoms with van der Waals surface area (Å²) >= 11 is 0. The van der Waals surface area contributed by atoms with Crippen LogP contribution in [0.2, 0.25) is 0 Å². The zero-order chi connectivity index (χ0) is 17.2. The smallest absolute Gasteiger partial charge is 0.315 e. The second-order valence-electron chi connectivity index (χ2n) is 5.41. The van der Waals surface area contributed by atoms with Crippen LogP contribution in [0.5, 0.6) is 5.75 Å². The molecule has 0 amide bonds. The van der Waals surface area contributed by atoms with E-state index >= 15 is 0 Å². The first-order valence-electron chi connectivity index (χ1n) is 7.01. The van der Waals surface area contributed by atoms with Crippen molar-refractivity contribution in [3.05, 3.63) is 28.1 Å². The summed E-state index contributed by atoms with van der Waals surface area (Å²) in [6.45, 7) is 3.15. The van der Waals surface area contributed by atoms with E-state index in [1.807, 2.05) is 6.92 Å². The molecule has 8 nitrogen and oxygen atoms in total. The SMILES string of the molecule is COc1c(F)cc(S(=O)(=O)NC2CNCCC2C)cc1[N+](=O)[O-].Cl. The maximum absolute atomic E-state index is 13.9. The van der Waals surface area contributed by atoms with Crippen LogP contribution in [-0.4, -0.2) is 39.6 Å². The van der Waals surface area contributed by atoms with Crippen LogP contribution in [0.4, 0.5) is 10.1 Å². The molecule has 1 fully saturated rings. The minimum absolute atomic E-state index is 0. The normalized spacial score (nSPS) is 21.0. The van der Waals surface area contributed by atoms with Crippen LogP contribution in [-0.2, 0) is 10.0 Å². The molecule has 136 valence electrons. The first kappa shape index (κ1) is 20.6. The molecule has 0 aromatic heterocycles. The van der Waals surface area contributed by atoms with Gasteiger partial charge in [-0.15, -0.1) is 12.4 Å². The average molecular weight is 384 g/mol. The van der Waals surface area contributed by atoms with Gasteiger partial charge in [0, 0.05) is 18.7 Å². The molecule has 24 heavy (non-hydrogen) atoms. The highest BCUT2D eigenvalue weighted by atomic mass is 35.5. The van der Waals surface area contributed by atoms with Gasteiger partial charge < -0.3 is 10.1 Å². The largest absolute Gasteiger partial charge is 0.488 e. The van der Waals surface area contributed by atoms with Crippen molar-refractivity contribution < 1.29 is 22.5 Å². The lowest BCUT2D eigenvalue weighted by molar-refractivity contribution is -0.386. The summed E-state index contributed by atoms with van der Waals surface area (Å²) in [4.78, 5) is 9.60. The maximum atomic E-state index is 13.9. The summed E-state index contributed by atoms with van der Waals surface area (Å²) in [6, 6.07) is 1.15. The van der Waals surface area contributed by atoms with E-state index in [0.717, 1.165) is 32.2 Å². The molecule has 2 unspecified atom stereocenters. The summed E-state index contributed by atoms with van der Waals surface area (Å²) in [5, 5.41) is 14.1. The van der Waals surface area contributed by atoms with Crippen LogP contribution in [0, 0.1) is 21.8 Å². The van der Waals surface area contributed by atoms with Crippen molar-refractivity contribution in [3.63, 3.8) is 0 Å². The van der Waals surface area contributed by atoms with Gasteiger partial charge in [0.1, 0.15) is 0 Å². The molecule has 1 aliphatic rings. The van der Waals surface area contributed by atoms with Gasteiger partial charge in [-0.2, -0.15) is 0 Å². The van der Waals surface area contributed by atoms with Crippen LogP contribution in [0.15, 0.2) is 17.0 Å². The van der Waals surface area contributed by atoms with Crippen molar-refractivity contribution in [2.75, 3.05) is 20.2 Å². The highest BCUT2D eigenvalue weighted by Crippen LogP contribution is 2.32. The van der Waals surface area contributed by atoms with E-state index in [-0.39, 0.29) is 24.4 Å². The van der Waals surface area contributed by atoms with Gasteiger partial charge in [-0.1, -0.05) is 6.92 Å². The lowest BCUT2D eigenvalue weighted by Gasteiger charge is -2.29. The molecule has 2 rings (SSSR count). The Balaban J connectivity index is 0.00000288. The molecule has 0 saturated carbocycles. The number of nitrogens with one attached hydrogen (secondary N) is 2. The van der Waals surface area contributed by atoms with Crippen LogP contribution in [0.3, 0.4) is 0 Å². The number of nitro groups is 1. The number of ether oxygens (including phenoxy) is 1. The molecule has 0 bridgehead atoms. The van der Waals surface area contributed by atoms with Gasteiger partial charge in [-0.25, -0.2) is 17.5 Å². The zero-order valence-corrected chi connectivity index (χ0v) is 14.7. The Bertz CT molecular complexity index is 716. The van der Waals surface area contributed by atoms with Gasteiger partial charge in [0.15, 0.2) is 5.82 Å². The molecule has 0 radical (unpaired) electrons. The maximum Gasteiger partial charge on any atom is 0.315 e. The van der Waals surface area contributed by atoms with E-state index in [1.165, 1.54) is 0 Å². The molecule has 0 spiro atoms. The number of sulfonamides is 1. The molecule has 1 saturated heterocycles. The molecule has 2 atom stereocenters. The summed E-state index contributed by atoms with van der Waals surface area (Å²) in [5.41, 5.74) is -0.734. The lowest BCUT2D eigenvalue weighted by Crippen LogP contribution is -2.50. The molecule has 1 aromatic rings. The Morgan fingerprint density at radius 2 is 2.12 bits per heavy atom. The van der Waals surface area contributed by atoms with Crippen molar-refractivity contribution >= 4 is 28.1 Å². The lowest BCUT2D eigenvalue weighted by atomic mass is 9.96. The van der Waals surface area contributed by atoms with Crippen molar-refractivity contribution in [2.24, 2.45) is 5.92 Å². The van der Waals surface area contributed by atoms with Gasteiger partial charge in [0.05, 0.1) is 16.9 Å². The van der Waals surface area contributed by atoms with Gasteiger partial charge in [0.25, 0.3) is 0 Å². The number of methoxy groups -OCH3 is 1. The number of benzene rings is 1. The number of rotatable bonds is 5. The van der Waals surface area contributed by atoms with Crippen LogP contribution >= 0.6 is 12.4 Å². The number of nitrogens with zero attached hydrogens (tertiary/aromatic N) is 1. The first-order valence-corrected chi connectivity index (χ1v) is 8.49. The van der Waals surface area contributed by atoms with E-state index in [2.05, 4.69) is 14.8 Å². The Hall–Kier alpha value is -1.49. The average Bonchev–Trinajstić information content (AvgIpc) is 2.48. The van der Waals surface area contributed by atoms with E-state index in [0.29, 0.717) is 6.54 Å². The van der Waals surface area contributed by atoms with E-state index in [1.54, 1.807) is 0 Å². The van der Waals surface area contributed by atoms with Crippen molar-refractivity contribution in [1.82, 2.24) is 10.0 Å². The number of piperidine rings is 1. The van der Waals surface area contributed by atoms with Crippen molar-refractivity contribution in [2.45, 2.75) is 24.3 Å². The standard InChI is InChI=1S/C13H18FN3O5S.ClH/c1-8-3-4-15-7-11(8)16-23(20,21)9-5-10(14)13(22-2)12(6-9)17(18)19;/h5-6,8,11,15-16H,3-4,7H2,1-2H3;1H. The molecule has 11 heteroatoms. The second kappa shape index (κ2) is 8.06. The van der Waals surface area contributed by atoms with Crippen LogP contribution in [0.25, 0.3) is 0 Å². The summed E-state index contributed by atoms with van der Waals surface area (Å²) in [6.07, 6.45) is 0.796. The highest BCUT2D eigenvalue weighted by Gasteiger charge is 2.30. The predicted molar refractivity (Wildman–Crippen MR) is 87.6 cm³/mol. The van der Waals surface area contributed by atoms with Gasteiger partial charge in [-0.05, 0) is 24.9 Å². The third kappa shape index (κ3) is 4.32. The molecule has 2 N–H and O–H groups in total. The fourth-order valence-electron chi connectivity index (χ4n) is 2.46. The number of nitro benzene ring substituents is 1. The molecule has 1 aromatic carbocycles. The fourth-order valence-corrected chi connectivity index (χ4v) is 3.84. The molecule has 1 aliphatic heterocycles. The molecule has 0 aliphatic carbocycles. The third-order valence-electron chi connectivity index (χ3n) is 3.84. The molecular formula is C13H19ClFN3O5S. The Morgan fingerprint density at radius 3 is 2.67 bits per heavy atom. The third-order valence-corrected chi connectivity index (χ3v) is 5.31. The number of hydrogen-bond acceptors (Lipinski definition) is 6. The van der Waals surface area contributed by atoms with Crippen LogP contribution in [0.1, 0.15) is 13.3 Å². The summed E-state index contributed by atoms with van der Waals surface area (Å²) in [7, 11) is -3.01. The van der Waals surface area contributed by atoms with Crippen LogP contribution < -0.4 is 14.8 Å². The Morgan fingerprint density at radius 1 is 1.46 bits per heavy atom. The summed E-state index contributed by atoms with van der Waals surface area (Å²) in [5.74, 6) is -1.59. The molecule has 1 heterocycles. The minimum atomic E-state index is -4.09. The highest BCUT2D eigenvalue weighted by molar-refractivity contribution is 7.89. The van der Waals surface area contributed by atoms with Gasteiger partial charge in [0.2, 0.25) is 15.8 Å². The topological polar surface area (TPSA) is 111 Å². The van der Waals surface area contributed by atoms with Gasteiger partial charge >= 0.3 is 5.69 Å². The molecular weight excluding hydrogens is 365 g/mol. The Kier molecular flexibility index (Phi) is 6.90. The minimum Gasteiger partial charge on any atom is -0.488 e. The number of halogens is 2. The van der Waals surface area contributed by atoms with Gasteiger partial charge in [-0.3, -0.25) is 10.1 Å². The first-order chi connectivity index (χ1) is 10.8. The van der Waals surface area contributed by atoms with E-state index < -0.39 is 37.1 Å².